The van der Waals surface area contributed by atoms with E-state index in [2.05, 4.69) is 11.9 Å². The van der Waals surface area contributed by atoms with Crippen LogP contribution in [0.2, 0.25) is 0 Å². The first-order chi connectivity index (χ1) is 16.0. The molecule has 1 aromatic rings. The molecule has 34 heavy (non-hydrogen) atoms. The fraction of sp³-hybridized carbons (Fsp3) is 0.435. The van der Waals surface area contributed by atoms with E-state index in [1.165, 1.54) is 7.05 Å². The van der Waals surface area contributed by atoms with Crippen molar-refractivity contribution in [1.82, 2.24) is 15.1 Å². The summed E-state index contributed by atoms with van der Waals surface area (Å²) in [4.78, 5) is 60.4. The number of hydrogen-bond acceptors (Lipinski definition) is 5. The first-order valence-corrected chi connectivity index (χ1v) is 10.6. The maximum atomic E-state index is 12.7. The van der Waals surface area contributed by atoms with Gasteiger partial charge in [0.25, 0.3) is 0 Å². The van der Waals surface area contributed by atoms with E-state index in [9.17, 15) is 34.2 Å². The third-order valence-corrected chi connectivity index (χ3v) is 5.34. The molecule has 0 spiro atoms. The summed E-state index contributed by atoms with van der Waals surface area (Å²) in [7, 11) is 2.35. The standard InChI is InChI=1S/C23H31N3O8/c1-4-15-5-7-16(8-6-15)13-14-24-19(27)11-9-17(21(30)31)25(2)23(34)26(3)18(22(32)33)10-12-20(28)29/h4-8,17-18H,1,9-14H2,2-3H3,(H,24,27)(H,28,29)(H,30,31)(H,32,33)/t17-,18-/m0/s1. The van der Waals surface area contributed by atoms with Gasteiger partial charge in [-0.1, -0.05) is 36.9 Å². The van der Waals surface area contributed by atoms with Gasteiger partial charge in [0.2, 0.25) is 5.91 Å². The van der Waals surface area contributed by atoms with E-state index in [1.54, 1.807) is 6.08 Å². The Labute approximate surface area is 197 Å². The third kappa shape index (κ3) is 8.93. The molecule has 0 saturated heterocycles. The lowest BCUT2D eigenvalue weighted by Crippen LogP contribution is -2.52. The molecule has 0 aliphatic rings. The molecule has 1 aromatic carbocycles. The molecule has 0 aliphatic heterocycles. The quantitative estimate of drug-likeness (QED) is 0.313. The van der Waals surface area contributed by atoms with Crippen LogP contribution >= 0.6 is 0 Å². The number of rotatable bonds is 14. The first kappa shape index (κ1) is 28.1. The lowest BCUT2D eigenvalue weighted by molar-refractivity contribution is -0.143. The zero-order chi connectivity index (χ0) is 25.8. The lowest BCUT2D eigenvalue weighted by Gasteiger charge is -2.32. The van der Waals surface area contributed by atoms with Gasteiger partial charge in [0.15, 0.2) is 0 Å². The maximum absolute atomic E-state index is 12.7. The second-order valence-corrected chi connectivity index (χ2v) is 7.73. The summed E-state index contributed by atoms with van der Waals surface area (Å²) in [5, 5.41) is 30.3. The first-order valence-electron chi connectivity index (χ1n) is 10.6. The fourth-order valence-corrected chi connectivity index (χ4v) is 3.26. The summed E-state index contributed by atoms with van der Waals surface area (Å²) >= 11 is 0. The molecule has 0 radical (unpaired) electrons. The molecule has 2 atom stereocenters. The Bertz CT molecular complexity index is 900. The normalized spacial score (nSPS) is 12.2. The number of carboxylic acids is 3. The minimum atomic E-state index is -1.44. The van der Waals surface area contributed by atoms with Gasteiger partial charge in [-0.2, -0.15) is 0 Å². The number of nitrogens with one attached hydrogen (secondary N) is 1. The van der Waals surface area contributed by atoms with Crippen LogP contribution in [0.5, 0.6) is 0 Å². The van der Waals surface area contributed by atoms with Crippen molar-refractivity contribution in [3.05, 3.63) is 42.0 Å². The molecule has 0 fully saturated rings. The van der Waals surface area contributed by atoms with E-state index < -0.39 is 42.4 Å². The monoisotopic (exact) mass is 477 g/mol. The number of hydrogen-bond donors (Lipinski definition) is 4. The third-order valence-electron chi connectivity index (χ3n) is 5.34. The Morgan fingerprint density at radius 3 is 1.85 bits per heavy atom. The molecule has 11 heteroatoms. The predicted octanol–water partition coefficient (Wildman–Crippen LogP) is 1.52. The van der Waals surface area contributed by atoms with E-state index in [-0.39, 0.29) is 25.2 Å². The predicted molar refractivity (Wildman–Crippen MR) is 123 cm³/mol. The van der Waals surface area contributed by atoms with Gasteiger partial charge in [0.1, 0.15) is 12.1 Å². The maximum Gasteiger partial charge on any atom is 0.326 e. The van der Waals surface area contributed by atoms with Gasteiger partial charge in [0, 0.05) is 33.5 Å². The van der Waals surface area contributed by atoms with Gasteiger partial charge in [-0.25, -0.2) is 14.4 Å². The Morgan fingerprint density at radius 1 is 0.912 bits per heavy atom. The number of carbonyl (C=O) groups is 5. The van der Waals surface area contributed by atoms with E-state index in [0.29, 0.717) is 13.0 Å². The molecule has 1 rings (SSSR count). The van der Waals surface area contributed by atoms with Crippen molar-refractivity contribution in [3.8, 4) is 0 Å². The van der Waals surface area contributed by atoms with Crippen LogP contribution in [0.3, 0.4) is 0 Å². The van der Waals surface area contributed by atoms with Crippen LogP contribution in [0.1, 0.15) is 36.8 Å². The fourth-order valence-electron chi connectivity index (χ4n) is 3.26. The van der Waals surface area contributed by atoms with E-state index in [0.717, 1.165) is 28.0 Å². The van der Waals surface area contributed by atoms with Crippen LogP contribution in [-0.2, 0) is 25.6 Å². The molecule has 0 aliphatic carbocycles. The molecule has 0 unspecified atom stereocenters. The summed E-state index contributed by atoms with van der Waals surface area (Å²) in [6.45, 7) is 4.04. The summed E-state index contributed by atoms with van der Waals surface area (Å²) < 4.78 is 0. The van der Waals surface area contributed by atoms with E-state index in [1.807, 2.05) is 24.3 Å². The summed E-state index contributed by atoms with van der Waals surface area (Å²) in [5.41, 5.74) is 1.99. The summed E-state index contributed by atoms with van der Waals surface area (Å²) in [6, 6.07) is 3.92. The zero-order valence-corrected chi connectivity index (χ0v) is 19.3. The number of amides is 3. The average molecular weight is 478 g/mol. The Balaban J connectivity index is 2.64. The van der Waals surface area contributed by atoms with Crippen LogP contribution in [0.25, 0.3) is 6.08 Å². The number of carbonyl (C=O) groups excluding carboxylic acids is 2. The Kier molecular flexibility index (Phi) is 11.3. The molecule has 11 nitrogen and oxygen atoms in total. The minimum Gasteiger partial charge on any atom is -0.481 e. The van der Waals surface area contributed by atoms with Crippen LogP contribution in [-0.4, -0.2) is 87.7 Å². The minimum absolute atomic E-state index is 0.158. The van der Waals surface area contributed by atoms with E-state index in [4.69, 9.17) is 5.11 Å². The molecule has 186 valence electrons. The summed E-state index contributed by atoms with van der Waals surface area (Å²) in [6.07, 6.45) is 1.16. The average Bonchev–Trinajstić information content (AvgIpc) is 2.78. The number of carboxylic acid groups (broad SMARTS) is 3. The number of aliphatic carboxylic acids is 3. The number of nitrogens with zero attached hydrogens (tertiary/aromatic N) is 2. The highest BCUT2D eigenvalue weighted by Gasteiger charge is 2.34. The lowest BCUT2D eigenvalue weighted by atomic mass is 10.1. The number of urea groups is 1. The highest BCUT2D eigenvalue weighted by atomic mass is 16.4. The molecule has 0 aromatic heterocycles. The van der Waals surface area contributed by atoms with Gasteiger partial charge in [-0.05, 0) is 30.4 Å². The van der Waals surface area contributed by atoms with Crippen molar-refractivity contribution in [2.75, 3.05) is 20.6 Å². The molecule has 0 bridgehead atoms. The van der Waals surface area contributed by atoms with Crippen molar-refractivity contribution in [3.63, 3.8) is 0 Å². The topological polar surface area (TPSA) is 165 Å². The number of benzene rings is 1. The van der Waals surface area contributed by atoms with Crippen LogP contribution in [0.4, 0.5) is 4.79 Å². The second-order valence-electron chi connectivity index (χ2n) is 7.73. The zero-order valence-electron chi connectivity index (χ0n) is 19.3. The van der Waals surface area contributed by atoms with Gasteiger partial charge >= 0.3 is 23.9 Å². The largest absolute Gasteiger partial charge is 0.481 e. The SMILES string of the molecule is C=Cc1ccc(CCNC(=O)CC[C@@H](C(=O)O)N(C)C(=O)N(C)[C@@H](CCC(=O)O)C(=O)O)cc1. The van der Waals surface area contributed by atoms with Gasteiger partial charge in [0.05, 0.1) is 0 Å². The van der Waals surface area contributed by atoms with E-state index >= 15 is 0 Å². The highest BCUT2D eigenvalue weighted by Crippen LogP contribution is 2.13. The molecule has 0 heterocycles. The van der Waals surface area contributed by atoms with Crippen molar-refractivity contribution in [2.45, 2.75) is 44.2 Å². The smallest absolute Gasteiger partial charge is 0.326 e. The van der Waals surface area contributed by atoms with Gasteiger partial charge < -0.3 is 30.4 Å². The Morgan fingerprint density at radius 2 is 1.41 bits per heavy atom. The van der Waals surface area contributed by atoms with Crippen LogP contribution in [0, 0.1) is 0 Å². The second kappa shape index (κ2) is 13.6. The molecule has 0 saturated carbocycles. The van der Waals surface area contributed by atoms with Crippen molar-refractivity contribution < 1.29 is 39.3 Å². The van der Waals surface area contributed by atoms with Crippen molar-refractivity contribution >= 4 is 35.9 Å². The van der Waals surface area contributed by atoms with Crippen molar-refractivity contribution in [2.24, 2.45) is 0 Å². The van der Waals surface area contributed by atoms with Gasteiger partial charge in [-0.15, -0.1) is 0 Å². The molecular weight excluding hydrogens is 446 g/mol. The highest BCUT2D eigenvalue weighted by molar-refractivity contribution is 5.86. The van der Waals surface area contributed by atoms with Crippen LogP contribution in [0.15, 0.2) is 30.8 Å². The summed E-state index contributed by atoms with van der Waals surface area (Å²) in [5.74, 6) is -4.36. The van der Waals surface area contributed by atoms with Crippen molar-refractivity contribution in [1.29, 1.82) is 0 Å². The Hall–Kier alpha value is -3.89. The molecule has 4 N–H and O–H groups in total. The van der Waals surface area contributed by atoms with Gasteiger partial charge in [-0.3, -0.25) is 9.59 Å². The number of likely N-dealkylation sites (N-methyl/N-ethyl adjacent to an activating group) is 2. The molecule has 3 amide bonds. The molecular formula is C23H31N3O8. The van der Waals surface area contributed by atoms with Crippen LogP contribution < -0.4 is 5.32 Å².